The van der Waals surface area contributed by atoms with Gasteiger partial charge in [0, 0.05) is 19.4 Å². The summed E-state index contributed by atoms with van der Waals surface area (Å²) in [5, 5.41) is 0. The highest BCUT2D eigenvalue weighted by Gasteiger charge is 2.26. The quantitative estimate of drug-likeness (QED) is 0.0264. The van der Waals surface area contributed by atoms with Crippen molar-refractivity contribution in [2.45, 2.75) is 290 Å². The van der Waals surface area contributed by atoms with E-state index in [1.165, 1.54) is 173 Å². The SMILES string of the molecule is CCCCC/C=C\C/C=C\C/C=C\CCCCCCCCC(=O)OC(COC(=O)CCCCCCCCCCCCCCCCCCCCC/C=C\C/C=C\CCCCCCC)COP(=O)(O)OCCN. The van der Waals surface area contributed by atoms with Gasteiger partial charge >= 0.3 is 19.8 Å². The molecule has 0 rings (SSSR count). The van der Waals surface area contributed by atoms with Gasteiger partial charge in [0.05, 0.1) is 13.2 Å². The van der Waals surface area contributed by atoms with E-state index in [9.17, 15) is 19.0 Å². The van der Waals surface area contributed by atoms with Crippen LogP contribution in [0.2, 0.25) is 0 Å². The highest BCUT2D eigenvalue weighted by molar-refractivity contribution is 7.47. The molecule has 0 bridgehead atoms. The van der Waals surface area contributed by atoms with Crippen LogP contribution in [0.15, 0.2) is 60.8 Å². The Balaban J connectivity index is 3.91. The predicted molar refractivity (Wildman–Crippen MR) is 303 cm³/mol. The highest BCUT2D eigenvalue weighted by atomic mass is 31.2. The predicted octanol–water partition coefficient (Wildman–Crippen LogP) is 18.7. The third kappa shape index (κ3) is 56.9. The summed E-state index contributed by atoms with van der Waals surface area (Å²) in [4.78, 5) is 35.2. The normalized spacial score (nSPS) is 13.5. The fourth-order valence-corrected chi connectivity index (χ4v) is 9.20. The number of allylic oxidation sites excluding steroid dienone is 10. The van der Waals surface area contributed by atoms with Gasteiger partial charge in [-0.1, -0.05) is 248 Å². The average molecular weight is 1020 g/mol. The maximum absolute atomic E-state index is 12.7. The van der Waals surface area contributed by atoms with Crippen molar-refractivity contribution in [2.75, 3.05) is 26.4 Å². The Kier molecular flexibility index (Phi) is 55.2. The molecule has 0 saturated carbocycles. The summed E-state index contributed by atoms with van der Waals surface area (Å²) in [5.41, 5.74) is 5.38. The number of phosphoric acid groups is 1. The molecule has 9 nitrogen and oxygen atoms in total. The molecule has 0 amide bonds. The first-order chi connectivity index (χ1) is 34.8. The van der Waals surface area contributed by atoms with Crippen LogP contribution in [0.3, 0.4) is 0 Å². The summed E-state index contributed by atoms with van der Waals surface area (Å²) in [6.45, 7) is 3.72. The van der Waals surface area contributed by atoms with Crippen LogP contribution in [-0.4, -0.2) is 49.3 Å². The lowest BCUT2D eigenvalue weighted by molar-refractivity contribution is -0.161. The first kappa shape index (κ1) is 68.7. The number of carbonyl (C=O) groups excluding carboxylic acids is 2. The maximum atomic E-state index is 12.7. The van der Waals surface area contributed by atoms with Crippen molar-refractivity contribution in [2.24, 2.45) is 5.73 Å². The van der Waals surface area contributed by atoms with Gasteiger partial charge in [-0.15, -0.1) is 0 Å². The van der Waals surface area contributed by atoms with Gasteiger partial charge in [0.25, 0.3) is 0 Å². The van der Waals surface area contributed by atoms with Crippen molar-refractivity contribution in [3.05, 3.63) is 60.8 Å². The third-order valence-electron chi connectivity index (χ3n) is 12.9. The van der Waals surface area contributed by atoms with Gasteiger partial charge in [0.1, 0.15) is 6.61 Å². The fourth-order valence-electron chi connectivity index (χ4n) is 8.44. The average Bonchev–Trinajstić information content (AvgIpc) is 3.36. The zero-order valence-corrected chi connectivity index (χ0v) is 47.1. The van der Waals surface area contributed by atoms with Crippen molar-refractivity contribution in [3.8, 4) is 0 Å². The number of hydrogen-bond acceptors (Lipinski definition) is 8. The lowest BCUT2D eigenvalue weighted by Gasteiger charge is -2.19. The first-order valence-corrected chi connectivity index (χ1v) is 31.3. The second-order valence-electron chi connectivity index (χ2n) is 19.9. The minimum atomic E-state index is -4.39. The molecule has 0 radical (unpaired) electrons. The Bertz CT molecular complexity index is 1350. The minimum Gasteiger partial charge on any atom is -0.462 e. The van der Waals surface area contributed by atoms with E-state index in [4.69, 9.17) is 24.3 Å². The van der Waals surface area contributed by atoms with E-state index in [1.807, 2.05) is 0 Å². The molecule has 0 aliphatic heterocycles. The smallest absolute Gasteiger partial charge is 0.462 e. The van der Waals surface area contributed by atoms with Gasteiger partial charge in [0.15, 0.2) is 6.10 Å². The molecule has 3 N–H and O–H groups in total. The number of rotatable bonds is 56. The lowest BCUT2D eigenvalue weighted by Crippen LogP contribution is -2.29. The standard InChI is InChI=1S/C61H112NO8P/c1-3-5-7-9-11-13-15-17-19-21-23-24-25-26-27-28-29-30-31-32-33-34-36-37-39-41-43-45-47-49-51-53-60(63)67-57-59(58-69-71(65,66)68-56-55-62)70-61(64)54-52-50-48-46-44-42-40-38-35-22-20-18-16-14-12-10-8-6-4-2/h12,14-15,17-18,20-21,23,35,38,59H,3-11,13,16,19,22,24-34,36-37,39-58,62H2,1-2H3,(H,65,66)/b14-12-,17-15-,20-18-,23-21-,38-35-. The van der Waals surface area contributed by atoms with Gasteiger partial charge in [-0.05, 0) is 83.5 Å². The van der Waals surface area contributed by atoms with E-state index in [0.29, 0.717) is 6.42 Å². The van der Waals surface area contributed by atoms with Crippen LogP contribution in [0.4, 0.5) is 0 Å². The van der Waals surface area contributed by atoms with E-state index >= 15 is 0 Å². The van der Waals surface area contributed by atoms with Gasteiger partial charge in [-0.2, -0.15) is 0 Å². The Morgan fingerprint density at radius 2 is 0.732 bits per heavy atom. The molecule has 0 aromatic heterocycles. The number of unbranched alkanes of at least 4 members (excludes halogenated alkanes) is 33. The second-order valence-corrected chi connectivity index (χ2v) is 21.3. The summed E-state index contributed by atoms with van der Waals surface area (Å²) in [5.74, 6) is -0.834. The molecule has 10 heteroatoms. The number of hydrogen-bond donors (Lipinski definition) is 2. The molecular formula is C61H112NO8P. The molecule has 0 spiro atoms. The summed E-state index contributed by atoms with van der Waals surface area (Å²) in [7, 11) is -4.39. The van der Waals surface area contributed by atoms with Crippen LogP contribution in [-0.2, 0) is 32.7 Å². The van der Waals surface area contributed by atoms with Crippen LogP contribution in [0.25, 0.3) is 0 Å². The molecule has 2 unspecified atom stereocenters. The Labute approximate surface area is 438 Å². The topological polar surface area (TPSA) is 134 Å². The van der Waals surface area contributed by atoms with Crippen molar-refractivity contribution in [1.29, 1.82) is 0 Å². The molecule has 2 atom stereocenters. The number of carbonyl (C=O) groups is 2. The van der Waals surface area contributed by atoms with Crippen LogP contribution < -0.4 is 5.73 Å². The van der Waals surface area contributed by atoms with Gasteiger partial charge < -0.3 is 20.1 Å². The third-order valence-corrected chi connectivity index (χ3v) is 13.9. The van der Waals surface area contributed by atoms with Gasteiger partial charge in [0.2, 0.25) is 0 Å². The van der Waals surface area contributed by atoms with Crippen molar-refractivity contribution in [3.63, 3.8) is 0 Å². The minimum absolute atomic E-state index is 0.0501. The van der Waals surface area contributed by atoms with Crippen LogP contribution >= 0.6 is 7.82 Å². The summed E-state index contributed by atoms with van der Waals surface area (Å²) in [6, 6.07) is 0. The second kappa shape index (κ2) is 57.0. The lowest BCUT2D eigenvalue weighted by atomic mass is 10.0. The Morgan fingerprint density at radius 1 is 0.423 bits per heavy atom. The number of esters is 2. The summed E-state index contributed by atoms with van der Waals surface area (Å²) >= 11 is 0. The van der Waals surface area contributed by atoms with Crippen molar-refractivity contribution >= 4 is 19.8 Å². The first-order valence-electron chi connectivity index (χ1n) is 29.8. The molecule has 0 aromatic rings. The van der Waals surface area contributed by atoms with E-state index in [1.54, 1.807) is 0 Å². The van der Waals surface area contributed by atoms with E-state index in [-0.39, 0.29) is 38.6 Å². The molecule has 0 aliphatic rings. The molecule has 0 aliphatic carbocycles. The van der Waals surface area contributed by atoms with Crippen molar-refractivity contribution < 1.29 is 37.6 Å². The van der Waals surface area contributed by atoms with Gasteiger partial charge in [-0.25, -0.2) is 4.57 Å². The largest absolute Gasteiger partial charge is 0.472 e. The van der Waals surface area contributed by atoms with Crippen molar-refractivity contribution in [1.82, 2.24) is 0 Å². The molecule has 0 heterocycles. The van der Waals surface area contributed by atoms with Crippen LogP contribution in [0, 0.1) is 0 Å². The monoisotopic (exact) mass is 1020 g/mol. The molecule has 0 saturated heterocycles. The molecule has 0 aromatic carbocycles. The summed E-state index contributed by atoms with van der Waals surface area (Å²) in [6.07, 6.45) is 71.4. The maximum Gasteiger partial charge on any atom is 0.472 e. The molecule has 71 heavy (non-hydrogen) atoms. The van der Waals surface area contributed by atoms with E-state index in [0.717, 1.165) is 77.0 Å². The van der Waals surface area contributed by atoms with Crippen LogP contribution in [0.1, 0.15) is 284 Å². The van der Waals surface area contributed by atoms with Crippen LogP contribution in [0.5, 0.6) is 0 Å². The van der Waals surface area contributed by atoms with Gasteiger partial charge in [-0.3, -0.25) is 18.6 Å². The summed E-state index contributed by atoms with van der Waals surface area (Å²) < 4.78 is 33.0. The number of phosphoric ester groups is 1. The Morgan fingerprint density at radius 3 is 1.11 bits per heavy atom. The molecular weight excluding hydrogens is 906 g/mol. The Hall–Kier alpha value is -2.29. The molecule has 414 valence electrons. The fraction of sp³-hybridized carbons (Fsp3) is 0.803. The number of ether oxygens (including phenoxy) is 2. The number of nitrogens with two attached hydrogens (primary N) is 1. The zero-order chi connectivity index (χ0) is 51.7. The van der Waals surface area contributed by atoms with E-state index < -0.39 is 26.5 Å². The zero-order valence-electron chi connectivity index (χ0n) is 46.2. The highest BCUT2D eigenvalue weighted by Crippen LogP contribution is 2.43. The van der Waals surface area contributed by atoms with E-state index in [2.05, 4.69) is 74.6 Å². The molecule has 0 fully saturated rings.